The molecule has 102 valence electrons. The van der Waals surface area contributed by atoms with Crippen LogP contribution in [0.2, 0.25) is 0 Å². The van der Waals surface area contributed by atoms with E-state index in [0.29, 0.717) is 31.9 Å². The van der Waals surface area contributed by atoms with Crippen LogP contribution in [0.5, 0.6) is 0 Å². The third-order valence-electron chi connectivity index (χ3n) is 3.19. The highest BCUT2D eigenvalue weighted by Crippen LogP contribution is 2.20. The Balaban J connectivity index is 2.08. The summed E-state index contributed by atoms with van der Waals surface area (Å²) in [6.07, 6.45) is 2.33. The molecule has 6 nitrogen and oxygen atoms in total. The standard InChI is InChI=1S/C13H17N3O3/c14-5-2-6-16(9-11-3-1-7-19-11)12(17)13(15)4-8-18-10-13/h1,3,7H,2,4,6,8-10,15H2. The Bertz CT molecular complexity index is 458. The molecule has 2 N–H and O–H groups in total. The minimum absolute atomic E-state index is 0.184. The molecule has 0 spiro atoms. The molecule has 19 heavy (non-hydrogen) atoms. The third-order valence-corrected chi connectivity index (χ3v) is 3.19. The molecule has 1 unspecified atom stereocenters. The van der Waals surface area contributed by atoms with Crippen molar-refractivity contribution in [3.8, 4) is 6.07 Å². The van der Waals surface area contributed by atoms with E-state index >= 15 is 0 Å². The maximum absolute atomic E-state index is 12.5. The minimum atomic E-state index is -0.970. The number of amides is 1. The van der Waals surface area contributed by atoms with Gasteiger partial charge in [0.05, 0.1) is 31.9 Å². The Morgan fingerprint density at radius 1 is 1.63 bits per heavy atom. The van der Waals surface area contributed by atoms with Gasteiger partial charge in [-0.15, -0.1) is 0 Å². The molecule has 1 aromatic heterocycles. The van der Waals surface area contributed by atoms with E-state index in [1.54, 1.807) is 23.3 Å². The topological polar surface area (TPSA) is 92.5 Å². The van der Waals surface area contributed by atoms with E-state index in [2.05, 4.69) is 0 Å². The van der Waals surface area contributed by atoms with Crippen molar-refractivity contribution >= 4 is 5.91 Å². The summed E-state index contributed by atoms with van der Waals surface area (Å²) in [5, 5.41) is 8.69. The van der Waals surface area contributed by atoms with Crippen molar-refractivity contribution in [3.63, 3.8) is 0 Å². The van der Waals surface area contributed by atoms with Crippen molar-refractivity contribution < 1.29 is 13.9 Å². The first kappa shape index (κ1) is 13.6. The van der Waals surface area contributed by atoms with Gasteiger partial charge in [0.1, 0.15) is 11.3 Å². The fourth-order valence-corrected chi connectivity index (χ4v) is 2.09. The van der Waals surface area contributed by atoms with E-state index in [1.807, 2.05) is 6.07 Å². The normalized spacial score (nSPS) is 22.1. The van der Waals surface area contributed by atoms with E-state index < -0.39 is 5.54 Å². The Hall–Kier alpha value is -1.84. The molecule has 2 heterocycles. The lowest BCUT2D eigenvalue weighted by Gasteiger charge is -2.29. The van der Waals surface area contributed by atoms with Crippen LogP contribution in [-0.4, -0.2) is 36.1 Å². The molecule has 1 atom stereocenters. The second-order valence-corrected chi connectivity index (χ2v) is 4.67. The number of rotatable bonds is 5. The molecule has 2 rings (SSSR count). The Kier molecular flexibility index (Phi) is 4.20. The zero-order chi connectivity index (χ0) is 13.7. The number of ether oxygens (including phenoxy) is 1. The third kappa shape index (κ3) is 3.13. The first-order chi connectivity index (χ1) is 9.15. The Labute approximate surface area is 111 Å². The lowest BCUT2D eigenvalue weighted by Crippen LogP contribution is -2.55. The summed E-state index contributed by atoms with van der Waals surface area (Å²) in [6.45, 7) is 1.39. The van der Waals surface area contributed by atoms with Gasteiger partial charge in [-0.3, -0.25) is 4.79 Å². The van der Waals surface area contributed by atoms with Crippen molar-refractivity contribution in [1.29, 1.82) is 5.26 Å². The van der Waals surface area contributed by atoms with E-state index in [9.17, 15) is 4.79 Å². The van der Waals surface area contributed by atoms with Crippen LogP contribution >= 0.6 is 0 Å². The van der Waals surface area contributed by atoms with Crippen LogP contribution in [-0.2, 0) is 16.1 Å². The predicted octanol–water partition coefficient (Wildman–Crippen LogP) is 0.640. The van der Waals surface area contributed by atoms with E-state index in [-0.39, 0.29) is 18.9 Å². The molecule has 1 aliphatic rings. The van der Waals surface area contributed by atoms with Gasteiger partial charge in [0.25, 0.3) is 0 Å². The lowest BCUT2D eigenvalue weighted by atomic mass is 9.98. The maximum Gasteiger partial charge on any atom is 0.245 e. The Morgan fingerprint density at radius 2 is 2.47 bits per heavy atom. The van der Waals surface area contributed by atoms with Crippen LogP contribution in [0.3, 0.4) is 0 Å². The largest absolute Gasteiger partial charge is 0.467 e. The zero-order valence-corrected chi connectivity index (χ0v) is 10.7. The summed E-state index contributed by atoms with van der Waals surface area (Å²) in [5.41, 5.74) is 5.10. The van der Waals surface area contributed by atoms with Gasteiger partial charge in [0.15, 0.2) is 0 Å². The fraction of sp³-hybridized carbons (Fsp3) is 0.538. The van der Waals surface area contributed by atoms with Crippen LogP contribution in [0.15, 0.2) is 22.8 Å². The highest BCUT2D eigenvalue weighted by molar-refractivity contribution is 5.86. The molecule has 0 aromatic carbocycles. The average molecular weight is 263 g/mol. The Morgan fingerprint density at radius 3 is 3.05 bits per heavy atom. The van der Waals surface area contributed by atoms with Crippen molar-refractivity contribution in [2.24, 2.45) is 5.73 Å². The van der Waals surface area contributed by atoms with Gasteiger partial charge in [0.2, 0.25) is 5.91 Å². The van der Waals surface area contributed by atoms with Gasteiger partial charge in [-0.25, -0.2) is 0 Å². The quantitative estimate of drug-likeness (QED) is 0.841. The molecule has 1 aliphatic heterocycles. The summed E-state index contributed by atoms with van der Waals surface area (Å²) in [4.78, 5) is 14.0. The zero-order valence-electron chi connectivity index (χ0n) is 10.7. The number of furan rings is 1. The van der Waals surface area contributed by atoms with Gasteiger partial charge >= 0.3 is 0 Å². The maximum atomic E-state index is 12.5. The second-order valence-electron chi connectivity index (χ2n) is 4.67. The summed E-state index contributed by atoms with van der Waals surface area (Å²) in [6, 6.07) is 5.59. The van der Waals surface area contributed by atoms with Crippen molar-refractivity contribution in [1.82, 2.24) is 4.90 Å². The molecule has 0 aliphatic carbocycles. The van der Waals surface area contributed by atoms with Crippen molar-refractivity contribution in [3.05, 3.63) is 24.2 Å². The number of nitriles is 1. The molecular weight excluding hydrogens is 246 g/mol. The minimum Gasteiger partial charge on any atom is -0.467 e. The smallest absolute Gasteiger partial charge is 0.245 e. The highest BCUT2D eigenvalue weighted by Gasteiger charge is 2.41. The van der Waals surface area contributed by atoms with Gasteiger partial charge in [-0.05, 0) is 18.6 Å². The summed E-state index contributed by atoms with van der Waals surface area (Å²) >= 11 is 0. The van der Waals surface area contributed by atoms with Crippen LogP contribution in [0, 0.1) is 11.3 Å². The monoisotopic (exact) mass is 263 g/mol. The number of carbonyl (C=O) groups excluding carboxylic acids is 1. The molecule has 0 bridgehead atoms. The molecule has 1 saturated heterocycles. The van der Waals surface area contributed by atoms with Gasteiger partial charge in [-0.2, -0.15) is 5.26 Å². The van der Waals surface area contributed by atoms with Crippen molar-refractivity contribution in [2.75, 3.05) is 19.8 Å². The number of nitrogens with zero attached hydrogens (tertiary/aromatic N) is 2. The van der Waals surface area contributed by atoms with Gasteiger partial charge in [-0.1, -0.05) is 0 Å². The van der Waals surface area contributed by atoms with Crippen LogP contribution in [0.4, 0.5) is 0 Å². The van der Waals surface area contributed by atoms with E-state index in [1.165, 1.54) is 0 Å². The van der Waals surface area contributed by atoms with E-state index in [0.717, 1.165) is 0 Å². The first-order valence-electron chi connectivity index (χ1n) is 6.21. The summed E-state index contributed by atoms with van der Waals surface area (Å²) in [5.74, 6) is 0.491. The predicted molar refractivity (Wildman–Crippen MR) is 66.7 cm³/mol. The molecule has 0 saturated carbocycles. The molecule has 6 heteroatoms. The highest BCUT2D eigenvalue weighted by atomic mass is 16.5. The summed E-state index contributed by atoms with van der Waals surface area (Å²) in [7, 11) is 0. The molecule has 1 aromatic rings. The number of hydrogen-bond donors (Lipinski definition) is 1. The second kappa shape index (κ2) is 5.87. The molecule has 1 amide bonds. The molecular formula is C13H17N3O3. The van der Waals surface area contributed by atoms with E-state index in [4.69, 9.17) is 20.1 Å². The average Bonchev–Trinajstić information content (AvgIpc) is 3.06. The van der Waals surface area contributed by atoms with Gasteiger partial charge < -0.3 is 19.8 Å². The van der Waals surface area contributed by atoms with Crippen LogP contribution in [0.1, 0.15) is 18.6 Å². The molecule has 0 radical (unpaired) electrons. The first-order valence-corrected chi connectivity index (χ1v) is 6.21. The van der Waals surface area contributed by atoms with Gasteiger partial charge in [0, 0.05) is 13.2 Å². The lowest BCUT2D eigenvalue weighted by molar-refractivity contribution is -0.137. The summed E-state index contributed by atoms with van der Waals surface area (Å²) < 4.78 is 10.5. The SMILES string of the molecule is N#CCCN(Cc1ccco1)C(=O)C1(N)CCOC1. The van der Waals surface area contributed by atoms with Crippen LogP contribution < -0.4 is 5.73 Å². The van der Waals surface area contributed by atoms with Crippen LogP contribution in [0.25, 0.3) is 0 Å². The van der Waals surface area contributed by atoms with Crippen molar-refractivity contribution in [2.45, 2.75) is 24.9 Å². The molecule has 1 fully saturated rings. The number of carbonyl (C=O) groups is 1. The number of nitrogens with two attached hydrogens (primary N) is 1. The number of hydrogen-bond acceptors (Lipinski definition) is 5. The fourth-order valence-electron chi connectivity index (χ4n) is 2.09.